The summed E-state index contributed by atoms with van der Waals surface area (Å²) < 4.78 is 2.52. The van der Waals surface area contributed by atoms with E-state index in [9.17, 15) is 10.2 Å². The fourth-order valence-corrected chi connectivity index (χ4v) is 17.8. The Morgan fingerprint density at radius 2 is 0.695 bits per heavy atom. The third-order valence-corrected chi connectivity index (χ3v) is 23.7. The molecule has 6 N–H and O–H groups in total. The van der Waals surface area contributed by atoms with Crippen LogP contribution in [-0.2, 0) is 78.2 Å². The van der Waals surface area contributed by atoms with Crippen molar-refractivity contribution in [3.05, 3.63) is 333 Å². The molecular formula is C98H106ClIr4N5O6PS3-2. The summed E-state index contributed by atoms with van der Waals surface area (Å²) in [6.07, 6.45) is 21.0. The maximum absolute atomic E-state index is 9.99. The molecule has 0 aliphatic rings. The molecule has 8 aromatic heterocycles. The first-order valence-electron chi connectivity index (χ1n) is 39.0. The van der Waals surface area contributed by atoms with Crippen LogP contribution in [0, 0.1) is 30.3 Å². The third kappa shape index (κ3) is 37.7. The smallest absolute Gasteiger partial charge is 0.0161 e. The molecule has 627 valence electrons. The van der Waals surface area contributed by atoms with E-state index in [2.05, 4.69) is 171 Å². The zero-order valence-electron chi connectivity index (χ0n) is 67.5. The second-order valence-corrected chi connectivity index (χ2v) is 33.2. The molecule has 0 aliphatic carbocycles. The number of pyridine rings is 5. The van der Waals surface area contributed by atoms with Crippen LogP contribution < -0.4 is 0 Å². The van der Waals surface area contributed by atoms with Gasteiger partial charge in [0.05, 0.1) is 55.1 Å². The minimum absolute atomic E-state index is 0. The second kappa shape index (κ2) is 60.7. The zero-order valence-corrected chi connectivity index (χ0v) is 81.3. The Balaban J connectivity index is 0.000000281. The molecule has 0 fully saturated rings. The van der Waals surface area contributed by atoms with Crippen molar-refractivity contribution in [2.24, 2.45) is 0 Å². The maximum atomic E-state index is 9.99. The monoisotopic (exact) mass is 2380 g/mol. The average molecular weight is 2380 g/mol. The Kier molecular flexibility index (Phi) is 53.3. The molecule has 0 bridgehead atoms. The molecule has 3 radical (unpaired) electrons. The minimum Gasteiger partial charge on any atom is -0.319 e. The first-order chi connectivity index (χ1) is 56.1. The van der Waals surface area contributed by atoms with Crippen molar-refractivity contribution >= 4 is 115 Å². The molecule has 118 heavy (non-hydrogen) atoms. The van der Waals surface area contributed by atoms with Gasteiger partial charge >= 0.3 is 27.5 Å². The van der Waals surface area contributed by atoms with Crippen LogP contribution >= 0.6 is 51.5 Å². The molecule has 20 heteroatoms. The van der Waals surface area contributed by atoms with Crippen LogP contribution in [0.2, 0.25) is 0 Å². The van der Waals surface area contributed by atoms with Crippen molar-refractivity contribution in [3.63, 3.8) is 0 Å². The van der Waals surface area contributed by atoms with Gasteiger partial charge in [-0.1, -0.05) is 203 Å². The van der Waals surface area contributed by atoms with Crippen molar-refractivity contribution in [3.8, 4) is 31.7 Å². The molecule has 8 heterocycles. The summed E-state index contributed by atoms with van der Waals surface area (Å²) in [5, 5.41) is 65.5. The molecule has 0 saturated carbocycles. The zero-order chi connectivity index (χ0) is 82.2. The van der Waals surface area contributed by atoms with Gasteiger partial charge in [0.1, 0.15) is 0 Å². The van der Waals surface area contributed by atoms with Gasteiger partial charge in [-0.25, -0.2) is 34.0 Å². The number of aliphatic hydroxyl groups is 6. The Morgan fingerprint density at radius 3 is 1.03 bits per heavy atom. The number of fused-ring (bicyclic) bond motifs is 8. The van der Waals surface area contributed by atoms with Gasteiger partial charge in [0.25, 0.3) is 0 Å². The second-order valence-electron chi connectivity index (χ2n) is 27.2. The minimum atomic E-state index is -0.633. The Hall–Kier alpha value is -6.75. The van der Waals surface area contributed by atoms with Crippen LogP contribution in [0.3, 0.4) is 0 Å². The summed E-state index contributed by atoms with van der Waals surface area (Å²) in [5.41, 5.74) is 6.74. The third-order valence-electron chi connectivity index (χ3n) is 17.5. The molecule has 6 unspecified atom stereocenters. The summed E-state index contributed by atoms with van der Waals surface area (Å²) in [4.78, 5) is 24.9. The largest absolute Gasteiger partial charge is 0.319 e. The number of unbranched alkanes of at least 4 members (excludes halogenated alkanes) is 3. The van der Waals surface area contributed by atoms with Gasteiger partial charge < -0.3 is 55.6 Å². The van der Waals surface area contributed by atoms with E-state index < -0.39 is 12.2 Å². The molecule has 0 saturated heterocycles. The first kappa shape index (κ1) is 104. The van der Waals surface area contributed by atoms with Crippen molar-refractivity contribution in [2.45, 2.75) is 143 Å². The van der Waals surface area contributed by atoms with Crippen molar-refractivity contribution < 1.29 is 109 Å². The van der Waals surface area contributed by atoms with Crippen LogP contribution in [-0.4, -0.2) is 98.5 Å². The van der Waals surface area contributed by atoms with E-state index in [0.717, 1.165) is 64.6 Å². The van der Waals surface area contributed by atoms with E-state index in [1.165, 1.54) is 98.1 Å². The number of benzene rings is 8. The van der Waals surface area contributed by atoms with E-state index in [4.69, 9.17) is 20.4 Å². The van der Waals surface area contributed by atoms with Gasteiger partial charge in [-0.3, -0.25) is 0 Å². The number of hydrogen-bond donors (Lipinski definition) is 6. The molecule has 16 aromatic rings. The van der Waals surface area contributed by atoms with Crippen LogP contribution in [0.25, 0.3) is 95.2 Å². The van der Waals surface area contributed by atoms with Gasteiger partial charge in [0.2, 0.25) is 0 Å². The molecular weight excluding hydrogens is 2270 g/mol. The van der Waals surface area contributed by atoms with Gasteiger partial charge in [0.15, 0.2) is 0 Å². The normalized spacial score (nSPS) is 11.8. The van der Waals surface area contributed by atoms with Gasteiger partial charge in [-0.2, -0.15) is 12.1 Å². The van der Waals surface area contributed by atoms with Crippen LogP contribution in [0.5, 0.6) is 0 Å². The summed E-state index contributed by atoms with van der Waals surface area (Å²) >= 11 is 6.59. The van der Waals surface area contributed by atoms with E-state index in [0.29, 0.717) is 19.3 Å². The fourth-order valence-electron chi connectivity index (χ4n) is 11.9. The van der Waals surface area contributed by atoms with Crippen LogP contribution in [0.1, 0.15) is 130 Å². The molecule has 0 aliphatic heterocycles. The number of thiophene rings is 3. The van der Waals surface area contributed by atoms with Gasteiger partial charge in [0, 0.05) is 117 Å². The number of halogens is 1. The number of hydrogen-bond acceptors (Lipinski definition) is 14. The Bertz CT molecular complexity index is 4740. The quantitative estimate of drug-likeness (QED) is 0.0242. The van der Waals surface area contributed by atoms with Crippen LogP contribution in [0.15, 0.2) is 291 Å². The SMILES string of the molecule is CC(O)CC(C)O.CC(O)CC(C)O.CCCC[PH+](CCCC)CCCC.OC(CC(O)c1ccccc1)c1ccccc1.[Cl][Ir+2].[Ir].[Ir].[Ir].[c-]1c(-c2ccccn2)sc2ccccc12.[c-]1c(-c2ccccn2)sc2ccccc12.[c-]1cccc2ccc3cccnc3c12.[c-]1cccc2ccc3cccnc3c12.[c-]1ccsc1-c1ccccn1. The summed E-state index contributed by atoms with van der Waals surface area (Å²) in [7, 11) is 4.71. The first-order valence-corrected chi connectivity index (χ1v) is 46.6. The number of aliphatic hydroxyl groups excluding tert-OH is 6. The van der Waals surface area contributed by atoms with Crippen molar-refractivity contribution in [2.75, 3.05) is 18.5 Å². The average Bonchev–Trinajstić information content (AvgIpc) is 1.20. The number of aromatic nitrogens is 5. The summed E-state index contributed by atoms with van der Waals surface area (Å²) in [6, 6.07) is 99.8. The molecule has 0 spiro atoms. The van der Waals surface area contributed by atoms with Gasteiger partial charge in [-0.05, 0) is 148 Å². The molecule has 11 nitrogen and oxygen atoms in total. The molecule has 8 aromatic carbocycles. The predicted molar refractivity (Wildman–Crippen MR) is 487 cm³/mol. The standard InChI is InChI=1S/C15H16O2.2C13H8NS.2C13H8N.C12H27P.C9H6NS.2C5H12O2.ClH.4Ir/c16-14(12-7-3-1-4-8-12)11-15(17)13-9-5-2-6-10-13;2*1-2-7-12-10(5-1)9-13(15-12)11-6-3-4-8-14-11;2*1-2-6-12-10(4-1)7-8-11-5-3-9-14-13(11)12;1-4-7-10-13(11-8-5-2)12-9-6-3;1-2-6-10-8(4-1)9-5-3-7-11-9;2*1-4(6)3-5(2)7;;;;;/h1-10,14-17H,11H2;2*1-8H;2*1-5,7-9H;4-12H2,1-3H3;1-4,6-7H;2*4-7H,3H2,1-2H3;1H;;;;/q;4*-1;;-1;;;;;;;+3. The van der Waals surface area contributed by atoms with E-state index in [1.54, 1.807) is 86.4 Å². The van der Waals surface area contributed by atoms with E-state index in [1.807, 2.05) is 200 Å². The number of rotatable bonds is 20. The van der Waals surface area contributed by atoms with Crippen LogP contribution in [0.4, 0.5) is 0 Å². The molecule has 0 amide bonds. The summed E-state index contributed by atoms with van der Waals surface area (Å²) in [5.74, 6) is 0. The Labute approximate surface area is 767 Å². The fraction of sp³-hybridized carbons (Fsp3) is 0.255. The van der Waals surface area contributed by atoms with E-state index in [-0.39, 0.29) is 92.7 Å². The van der Waals surface area contributed by atoms with Crippen molar-refractivity contribution in [1.82, 2.24) is 24.9 Å². The van der Waals surface area contributed by atoms with Gasteiger partial charge in [-0.15, -0.1) is 123 Å². The predicted octanol–water partition coefficient (Wildman–Crippen LogP) is 24.9. The number of nitrogens with zero attached hydrogens (tertiary/aromatic N) is 5. The molecule has 16 rings (SSSR count). The maximum Gasteiger partial charge on any atom is 0.0161 e. The van der Waals surface area contributed by atoms with E-state index >= 15 is 0 Å². The van der Waals surface area contributed by atoms with Crippen molar-refractivity contribution in [1.29, 1.82) is 0 Å². The molecule has 6 atom stereocenters. The summed E-state index contributed by atoms with van der Waals surface area (Å²) in [6.45, 7) is 13.6. The topological polar surface area (TPSA) is 186 Å². The Morgan fingerprint density at radius 1 is 0.356 bits per heavy atom.